The van der Waals surface area contributed by atoms with E-state index < -0.39 is 23.8 Å². The molecule has 0 spiro atoms. The summed E-state index contributed by atoms with van der Waals surface area (Å²) in [7, 11) is 0. The second kappa shape index (κ2) is 9.41. The number of benzene rings is 2. The lowest BCUT2D eigenvalue weighted by atomic mass is 9.93. The minimum Gasteiger partial charge on any atom is -0.444 e. The zero-order valence-electron chi connectivity index (χ0n) is 16.8. The van der Waals surface area contributed by atoms with Gasteiger partial charge >= 0.3 is 12.1 Å². The fraction of sp³-hybridized carbons (Fsp3) is 0.333. The fourth-order valence-corrected chi connectivity index (χ4v) is 3.54. The van der Waals surface area contributed by atoms with Gasteiger partial charge in [-0.2, -0.15) is 0 Å². The number of allylic oxidation sites excluding steroid dienone is 1. The van der Waals surface area contributed by atoms with E-state index in [4.69, 9.17) is 9.47 Å². The lowest BCUT2D eigenvalue weighted by Gasteiger charge is -2.32. The van der Waals surface area contributed by atoms with Crippen molar-refractivity contribution in [2.45, 2.75) is 51.0 Å². The number of hydrogen-bond donors (Lipinski definition) is 0. The van der Waals surface area contributed by atoms with E-state index in [9.17, 15) is 9.59 Å². The number of ether oxygens (including phenoxy) is 2. The predicted octanol–water partition coefficient (Wildman–Crippen LogP) is 5.39. The van der Waals surface area contributed by atoms with Crippen LogP contribution in [0.1, 0.15) is 50.0 Å². The van der Waals surface area contributed by atoms with Crippen molar-refractivity contribution in [3.8, 4) is 0 Å². The van der Waals surface area contributed by atoms with Crippen molar-refractivity contribution in [1.29, 1.82) is 0 Å². The van der Waals surface area contributed by atoms with Crippen LogP contribution in [0.2, 0.25) is 0 Å². The molecule has 0 N–H and O–H groups in total. The summed E-state index contributed by atoms with van der Waals surface area (Å²) in [6.07, 6.45) is 3.55. The Labute approximate surface area is 171 Å². The SMILES string of the molecule is C=CCCCC[C@@]1(C)C(=O)O[C@H](c2ccccc2)N1C(=O)OCc1ccccc1. The van der Waals surface area contributed by atoms with Gasteiger partial charge in [-0.05, 0) is 31.7 Å². The minimum atomic E-state index is -1.07. The van der Waals surface area contributed by atoms with Crippen LogP contribution in [0.15, 0.2) is 73.3 Å². The average molecular weight is 393 g/mol. The van der Waals surface area contributed by atoms with Gasteiger partial charge in [0.05, 0.1) is 0 Å². The van der Waals surface area contributed by atoms with Crippen LogP contribution in [0.3, 0.4) is 0 Å². The molecule has 152 valence electrons. The summed E-state index contributed by atoms with van der Waals surface area (Å²) in [5.74, 6) is -0.401. The van der Waals surface area contributed by atoms with Gasteiger partial charge in [-0.15, -0.1) is 6.58 Å². The Balaban J connectivity index is 1.82. The van der Waals surface area contributed by atoms with Crippen molar-refractivity contribution < 1.29 is 19.1 Å². The topological polar surface area (TPSA) is 55.8 Å². The maximum atomic E-state index is 13.1. The summed E-state index contributed by atoms with van der Waals surface area (Å²) in [4.78, 5) is 27.4. The third-order valence-electron chi connectivity index (χ3n) is 5.23. The highest BCUT2D eigenvalue weighted by atomic mass is 16.6. The summed E-state index contributed by atoms with van der Waals surface area (Å²) in [5.41, 5.74) is 0.554. The van der Waals surface area contributed by atoms with Crippen molar-refractivity contribution in [1.82, 2.24) is 4.90 Å². The van der Waals surface area contributed by atoms with Gasteiger partial charge in [0.15, 0.2) is 0 Å². The quantitative estimate of drug-likeness (QED) is 0.343. The molecule has 2 aromatic carbocycles. The fourth-order valence-electron chi connectivity index (χ4n) is 3.54. The van der Waals surface area contributed by atoms with Crippen LogP contribution in [-0.2, 0) is 20.9 Å². The van der Waals surface area contributed by atoms with Crippen LogP contribution in [-0.4, -0.2) is 22.5 Å². The first-order chi connectivity index (χ1) is 14.1. The molecule has 2 aromatic rings. The van der Waals surface area contributed by atoms with Gasteiger partial charge < -0.3 is 9.47 Å². The number of rotatable bonds is 8. The van der Waals surface area contributed by atoms with E-state index in [0.29, 0.717) is 6.42 Å². The Morgan fingerprint density at radius 3 is 2.45 bits per heavy atom. The normalized spacial score (nSPS) is 20.9. The standard InChI is InChI=1S/C24H27NO4/c1-3-4-5-12-17-24(2)22(26)29-21(20-15-10-7-11-16-20)25(24)23(27)28-18-19-13-8-6-9-14-19/h3,6-11,13-16,21H,1,4-5,12,17-18H2,2H3/t21-,24+/m1/s1. The summed E-state index contributed by atoms with van der Waals surface area (Å²) < 4.78 is 11.2. The van der Waals surface area contributed by atoms with Gasteiger partial charge in [0.25, 0.3) is 0 Å². The second-order valence-corrected chi connectivity index (χ2v) is 7.39. The highest BCUT2D eigenvalue weighted by Crippen LogP contribution is 2.41. The number of hydrogen-bond acceptors (Lipinski definition) is 4. The highest BCUT2D eigenvalue weighted by molar-refractivity contribution is 5.88. The Morgan fingerprint density at radius 2 is 1.79 bits per heavy atom. The maximum absolute atomic E-state index is 13.1. The largest absolute Gasteiger partial charge is 0.444 e. The van der Waals surface area contributed by atoms with Gasteiger partial charge in [0, 0.05) is 5.56 Å². The van der Waals surface area contributed by atoms with Crippen LogP contribution in [0, 0.1) is 0 Å². The van der Waals surface area contributed by atoms with Gasteiger partial charge in [-0.1, -0.05) is 73.2 Å². The molecule has 3 rings (SSSR count). The molecular formula is C24H27NO4. The van der Waals surface area contributed by atoms with Gasteiger partial charge in [-0.25, -0.2) is 9.59 Å². The van der Waals surface area contributed by atoms with Crippen molar-refractivity contribution in [3.63, 3.8) is 0 Å². The Bertz CT molecular complexity index is 836. The molecule has 1 aliphatic heterocycles. The molecule has 5 heteroatoms. The smallest absolute Gasteiger partial charge is 0.414 e. The van der Waals surface area contributed by atoms with Gasteiger partial charge in [0.1, 0.15) is 12.1 Å². The molecule has 29 heavy (non-hydrogen) atoms. The lowest BCUT2D eigenvalue weighted by Crippen LogP contribution is -2.49. The van der Waals surface area contributed by atoms with Crippen molar-refractivity contribution in [2.24, 2.45) is 0 Å². The molecule has 0 unspecified atom stereocenters. The number of carbonyl (C=O) groups excluding carboxylic acids is 2. The zero-order chi connectivity index (χ0) is 20.7. The van der Waals surface area contributed by atoms with E-state index in [1.165, 1.54) is 4.90 Å². The molecule has 0 saturated carbocycles. The molecular weight excluding hydrogens is 366 g/mol. The van der Waals surface area contributed by atoms with E-state index >= 15 is 0 Å². The van der Waals surface area contributed by atoms with Crippen LogP contribution < -0.4 is 0 Å². The van der Waals surface area contributed by atoms with E-state index in [-0.39, 0.29) is 6.61 Å². The molecule has 0 aliphatic carbocycles. The summed E-state index contributed by atoms with van der Waals surface area (Å²) in [5, 5.41) is 0. The number of carbonyl (C=O) groups is 2. The van der Waals surface area contributed by atoms with Crippen LogP contribution in [0.5, 0.6) is 0 Å². The first-order valence-electron chi connectivity index (χ1n) is 9.93. The summed E-state index contributed by atoms with van der Waals surface area (Å²) in [6, 6.07) is 18.8. The Morgan fingerprint density at radius 1 is 1.14 bits per heavy atom. The predicted molar refractivity (Wildman–Crippen MR) is 111 cm³/mol. The molecule has 0 aromatic heterocycles. The minimum absolute atomic E-state index is 0.137. The van der Waals surface area contributed by atoms with Crippen LogP contribution in [0.4, 0.5) is 4.79 Å². The van der Waals surface area contributed by atoms with Gasteiger partial charge in [-0.3, -0.25) is 4.90 Å². The van der Waals surface area contributed by atoms with Crippen molar-refractivity contribution in [3.05, 3.63) is 84.4 Å². The van der Waals surface area contributed by atoms with Gasteiger partial charge in [0.2, 0.25) is 6.23 Å². The first-order valence-corrected chi connectivity index (χ1v) is 9.93. The van der Waals surface area contributed by atoms with Crippen molar-refractivity contribution in [2.75, 3.05) is 0 Å². The van der Waals surface area contributed by atoms with E-state index in [2.05, 4.69) is 6.58 Å². The molecule has 5 nitrogen and oxygen atoms in total. The van der Waals surface area contributed by atoms with Crippen LogP contribution >= 0.6 is 0 Å². The number of unbranched alkanes of at least 4 members (excludes halogenated alkanes) is 2. The molecule has 1 amide bonds. The average Bonchev–Trinajstić information content (AvgIpc) is 3.02. The van der Waals surface area contributed by atoms with E-state index in [1.54, 1.807) is 6.92 Å². The first kappa shape index (κ1) is 20.6. The molecule has 2 atom stereocenters. The lowest BCUT2D eigenvalue weighted by molar-refractivity contribution is -0.145. The second-order valence-electron chi connectivity index (χ2n) is 7.39. The van der Waals surface area contributed by atoms with E-state index in [0.717, 1.165) is 30.4 Å². The third kappa shape index (κ3) is 4.67. The third-order valence-corrected chi connectivity index (χ3v) is 5.23. The molecule has 0 bridgehead atoms. The number of esters is 1. The molecule has 1 heterocycles. The Kier molecular flexibility index (Phi) is 6.70. The highest BCUT2D eigenvalue weighted by Gasteiger charge is 2.55. The number of cyclic esters (lactones) is 1. The molecule has 1 aliphatic rings. The van der Waals surface area contributed by atoms with Crippen molar-refractivity contribution >= 4 is 12.1 Å². The molecule has 1 fully saturated rings. The van der Waals surface area contributed by atoms with Crippen LogP contribution in [0.25, 0.3) is 0 Å². The molecule has 1 saturated heterocycles. The Hall–Kier alpha value is -3.08. The summed E-state index contributed by atoms with van der Waals surface area (Å²) in [6.45, 7) is 5.63. The maximum Gasteiger partial charge on any atom is 0.414 e. The zero-order valence-corrected chi connectivity index (χ0v) is 16.8. The molecule has 0 radical (unpaired) electrons. The monoisotopic (exact) mass is 393 g/mol. The summed E-state index contributed by atoms with van der Waals surface area (Å²) >= 11 is 0. The number of amides is 1. The van der Waals surface area contributed by atoms with E-state index in [1.807, 2.05) is 66.7 Å². The number of nitrogens with zero attached hydrogens (tertiary/aromatic N) is 1.